The molecule has 2 amide bonds. The molecule has 1 heterocycles. The number of rotatable bonds is 5. The summed E-state index contributed by atoms with van der Waals surface area (Å²) in [7, 11) is 1.70. The quantitative estimate of drug-likeness (QED) is 0.885. The Kier molecular flexibility index (Phi) is 5.39. The molecule has 0 aliphatic rings. The van der Waals surface area contributed by atoms with Gasteiger partial charge in [-0.25, -0.2) is 4.98 Å². The summed E-state index contributed by atoms with van der Waals surface area (Å²) in [5, 5.41) is 2.82. The second-order valence-electron chi connectivity index (χ2n) is 7.02. The number of H-pyrrole nitrogens is 1. The lowest BCUT2D eigenvalue weighted by molar-refractivity contribution is 0.0771. The summed E-state index contributed by atoms with van der Waals surface area (Å²) >= 11 is 0. The van der Waals surface area contributed by atoms with Crippen LogP contribution in [0.15, 0.2) is 36.7 Å². The average Bonchev–Trinajstić information content (AvgIpc) is 3.01. The molecule has 1 aromatic carbocycles. The highest BCUT2D eigenvalue weighted by Crippen LogP contribution is 2.13. The molecule has 0 aliphatic carbocycles. The summed E-state index contributed by atoms with van der Waals surface area (Å²) in [5.41, 5.74) is 1.32. The van der Waals surface area contributed by atoms with Crippen LogP contribution >= 0.6 is 0 Å². The first kappa shape index (κ1) is 17.7. The second-order valence-corrected chi connectivity index (χ2v) is 7.02. The van der Waals surface area contributed by atoms with E-state index < -0.39 is 0 Å². The Balaban J connectivity index is 2.08. The third-order valence-electron chi connectivity index (χ3n) is 3.46. The zero-order valence-corrected chi connectivity index (χ0v) is 14.6. The molecule has 1 aromatic heterocycles. The maximum Gasteiger partial charge on any atom is 0.272 e. The molecule has 24 heavy (non-hydrogen) atoms. The van der Waals surface area contributed by atoms with Crippen molar-refractivity contribution in [1.29, 1.82) is 0 Å². The van der Waals surface area contributed by atoms with Crippen LogP contribution in [0.2, 0.25) is 0 Å². The van der Waals surface area contributed by atoms with Gasteiger partial charge >= 0.3 is 0 Å². The number of imidazole rings is 1. The number of hydrogen-bond acceptors (Lipinski definition) is 3. The third kappa shape index (κ3) is 4.68. The van der Waals surface area contributed by atoms with Crippen molar-refractivity contribution in [3.63, 3.8) is 0 Å². The molecule has 0 unspecified atom stereocenters. The summed E-state index contributed by atoms with van der Waals surface area (Å²) in [6.07, 6.45) is 1.37. The first-order valence-corrected chi connectivity index (χ1v) is 7.89. The third-order valence-corrected chi connectivity index (χ3v) is 3.46. The number of carbonyl (C=O) groups is 2. The largest absolute Gasteiger partial charge is 0.350 e. The van der Waals surface area contributed by atoms with Gasteiger partial charge in [-0.2, -0.15) is 0 Å². The van der Waals surface area contributed by atoms with Crippen LogP contribution in [0.3, 0.4) is 0 Å². The van der Waals surface area contributed by atoms with Crippen LogP contribution < -0.4 is 5.32 Å². The Morgan fingerprint density at radius 2 is 1.88 bits per heavy atom. The number of aromatic amines is 1. The maximum atomic E-state index is 12.6. The molecular weight excluding hydrogens is 304 g/mol. The van der Waals surface area contributed by atoms with E-state index in [9.17, 15) is 9.59 Å². The van der Waals surface area contributed by atoms with Gasteiger partial charge in [0.25, 0.3) is 11.8 Å². The van der Waals surface area contributed by atoms with Gasteiger partial charge in [-0.15, -0.1) is 0 Å². The molecule has 6 heteroatoms. The van der Waals surface area contributed by atoms with Gasteiger partial charge in [-0.05, 0) is 11.0 Å². The van der Waals surface area contributed by atoms with Crippen molar-refractivity contribution in [2.24, 2.45) is 5.41 Å². The zero-order valence-electron chi connectivity index (χ0n) is 14.6. The van der Waals surface area contributed by atoms with E-state index in [-0.39, 0.29) is 28.6 Å². The molecular formula is C18H24N4O2. The van der Waals surface area contributed by atoms with Gasteiger partial charge in [-0.3, -0.25) is 9.59 Å². The van der Waals surface area contributed by atoms with Crippen molar-refractivity contribution >= 4 is 11.8 Å². The van der Waals surface area contributed by atoms with Crippen LogP contribution in [0, 0.1) is 5.41 Å². The van der Waals surface area contributed by atoms with Crippen LogP contribution in [0.25, 0.3) is 0 Å². The first-order valence-electron chi connectivity index (χ1n) is 7.89. The van der Waals surface area contributed by atoms with Gasteiger partial charge in [0, 0.05) is 20.1 Å². The predicted octanol–water partition coefficient (Wildman–Crippen LogP) is 2.46. The van der Waals surface area contributed by atoms with Crippen molar-refractivity contribution in [2.75, 3.05) is 13.6 Å². The molecule has 2 aromatic rings. The minimum absolute atomic E-state index is 0.0414. The fraction of sp³-hybridized carbons (Fsp3) is 0.389. The Morgan fingerprint density at radius 3 is 2.50 bits per heavy atom. The molecule has 128 valence electrons. The van der Waals surface area contributed by atoms with Gasteiger partial charge in [0.15, 0.2) is 5.69 Å². The maximum absolute atomic E-state index is 12.6. The number of carbonyl (C=O) groups excluding carboxylic acids is 2. The molecule has 0 aliphatic heterocycles. The lowest BCUT2D eigenvalue weighted by atomic mass is 9.97. The fourth-order valence-electron chi connectivity index (χ4n) is 2.18. The number of aromatic nitrogens is 2. The zero-order chi connectivity index (χ0) is 17.7. The second kappa shape index (κ2) is 7.29. The highest BCUT2D eigenvalue weighted by Gasteiger charge is 2.24. The average molecular weight is 328 g/mol. The monoisotopic (exact) mass is 328 g/mol. The Bertz CT molecular complexity index is 701. The Labute approximate surface area is 142 Å². The minimum atomic E-state index is -0.345. The lowest BCUT2D eigenvalue weighted by Gasteiger charge is -2.19. The number of amides is 2. The number of nitrogens with one attached hydrogen (secondary N) is 2. The van der Waals surface area contributed by atoms with E-state index in [0.717, 1.165) is 5.56 Å². The summed E-state index contributed by atoms with van der Waals surface area (Å²) in [4.78, 5) is 33.3. The van der Waals surface area contributed by atoms with E-state index in [0.29, 0.717) is 13.1 Å². The van der Waals surface area contributed by atoms with Crippen molar-refractivity contribution in [3.8, 4) is 0 Å². The molecule has 0 bridgehead atoms. The molecule has 0 saturated heterocycles. The molecule has 0 spiro atoms. The molecule has 0 fully saturated rings. The summed E-state index contributed by atoms with van der Waals surface area (Å²) < 4.78 is 0. The van der Waals surface area contributed by atoms with Crippen molar-refractivity contribution in [3.05, 3.63) is 53.6 Å². The molecule has 0 saturated carbocycles. The molecule has 2 rings (SSSR count). The first-order chi connectivity index (χ1) is 11.3. The van der Waals surface area contributed by atoms with Crippen molar-refractivity contribution in [1.82, 2.24) is 20.2 Å². The molecule has 0 atom stereocenters. The van der Waals surface area contributed by atoms with Crippen LogP contribution in [-0.2, 0) is 6.54 Å². The van der Waals surface area contributed by atoms with Crippen molar-refractivity contribution < 1.29 is 9.59 Å². The lowest BCUT2D eigenvalue weighted by Crippen LogP contribution is -2.34. The van der Waals surface area contributed by atoms with Gasteiger partial charge in [-0.1, -0.05) is 51.1 Å². The summed E-state index contributed by atoms with van der Waals surface area (Å²) in [5.74, 6) is -0.611. The SMILES string of the molecule is CN(Cc1ccccc1)C(=O)c1[nH]cnc1C(=O)NCC(C)(C)C. The van der Waals surface area contributed by atoms with Crippen LogP contribution in [0.5, 0.6) is 0 Å². The van der Waals surface area contributed by atoms with E-state index in [1.165, 1.54) is 6.33 Å². The van der Waals surface area contributed by atoms with Gasteiger partial charge in [0.1, 0.15) is 5.69 Å². The Hall–Kier alpha value is -2.63. The van der Waals surface area contributed by atoms with Crippen molar-refractivity contribution in [2.45, 2.75) is 27.3 Å². The molecule has 2 N–H and O–H groups in total. The fourth-order valence-corrected chi connectivity index (χ4v) is 2.18. The van der Waals surface area contributed by atoms with Crippen LogP contribution in [0.1, 0.15) is 47.3 Å². The smallest absolute Gasteiger partial charge is 0.272 e. The van der Waals surface area contributed by atoms with Gasteiger partial charge in [0.2, 0.25) is 0 Å². The van der Waals surface area contributed by atoms with E-state index >= 15 is 0 Å². The number of benzene rings is 1. The summed E-state index contributed by atoms with van der Waals surface area (Å²) in [6, 6.07) is 9.68. The van der Waals surface area contributed by atoms with Crippen LogP contribution in [0.4, 0.5) is 0 Å². The Morgan fingerprint density at radius 1 is 1.21 bits per heavy atom. The molecule has 6 nitrogen and oxygen atoms in total. The number of hydrogen-bond donors (Lipinski definition) is 2. The van der Waals surface area contributed by atoms with E-state index in [1.54, 1.807) is 11.9 Å². The van der Waals surface area contributed by atoms with E-state index in [2.05, 4.69) is 15.3 Å². The standard InChI is InChI=1S/C18H24N4O2/c1-18(2,3)11-19-16(23)14-15(21-12-20-14)17(24)22(4)10-13-8-6-5-7-9-13/h5-9,12H,10-11H2,1-4H3,(H,19,23)(H,20,21). The van der Waals surface area contributed by atoms with E-state index in [4.69, 9.17) is 0 Å². The van der Waals surface area contributed by atoms with Crippen LogP contribution in [-0.4, -0.2) is 40.3 Å². The summed E-state index contributed by atoms with van der Waals surface area (Å²) in [6.45, 7) is 7.04. The number of nitrogens with zero attached hydrogens (tertiary/aromatic N) is 2. The van der Waals surface area contributed by atoms with Gasteiger partial charge in [0.05, 0.1) is 6.33 Å². The topological polar surface area (TPSA) is 78.1 Å². The highest BCUT2D eigenvalue weighted by atomic mass is 16.2. The normalized spacial score (nSPS) is 11.2. The van der Waals surface area contributed by atoms with E-state index in [1.807, 2.05) is 51.1 Å². The minimum Gasteiger partial charge on any atom is -0.350 e. The van der Waals surface area contributed by atoms with Gasteiger partial charge < -0.3 is 15.2 Å². The predicted molar refractivity (Wildman–Crippen MR) is 92.6 cm³/mol. The highest BCUT2D eigenvalue weighted by molar-refractivity contribution is 6.04. The molecule has 0 radical (unpaired) electrons.